The van der Waals surface area contributed by atoms with E-state index in [1.54, 1.807) is 29.2 Å². The molecule has 3 N–H and O–H groups in total. The number of fused-ring (bicyclic) bond motifs is 1. The number of anilines is 1. The lowest BCUT2D eigenvalue weighted by Gasteiger charge is -2.35. The van der Waals surface area contributed by atoms with E-state index in [2.05, 4.69) is 29.6 Å². The molecule has 0 spiro atoms. The van der Waals surface area contributed by atoms with Crippen LogP contribution in [0.25, 0.3) is 0 Å². The summed E-state index contributed by atoms with van der Waals surface area (Å²) >= 11 is 0. The summed E-state index contributed by atoms with van der Waals surface area (Å²) in [6.07, 6.45) is 0. The van der Waals surface area contributed by atoms with Gasteiger partial charge in [-0.1, -0.05) is 60.7 Å². The van der Waals surface area contributed by atoms with Crippen molar-refractivity contribution in [2.24, 2.45) is 5.73 Å². The van der Waals surface area contributed by atoms with Gasteiger partial charge in [0.1, 0.15) is 0 Å². The van der Waals surface area contributed by atoms with E-state index in [9.17, 15) is 9.59 Å². The molecule has 4 rings (SSSR count). The van der Waals surface area contributed by atoms with Crippen molar-refractivity contribution in [1.82, 2.24) is 4.90 Å². The number of primary amides is 1. The summed E-state index contributed by atoms with van der Waals surface area (Å²) in [7, 11) is 0. The number of rotatable bonds is 3. The van der Waals surface area contributed by atoms with Gasteiger partial charge < -0.3 is 16.0 Å². The molecule has 1 aliphatic heterocycles. The standard InChI is InChI=1S/C23H21N3O2/c24-22(27)17-10-6-11-19(13-17)25-23(28)26-14-18-9-4-5-12-20(18)21(15-26)16-7-2-1-3-8-16/h1-13,21H,14-15H2,(H2,24,27)(H,25,28)/t21-/m0/s1. The number of urea groups is 1. The fourth-order valence-corrected chi connectivity index (χ4v) is 3.68. The van der Waals surface area contributed by atoms with Crippen LogP contribution in [0.3, 0.4) is 0 Å². The van der Waals surface area contributed by atoms with Crippen LogP contribution in [0.1, 0.15) is 33.0 Å². The second-order valence-electron chi connectivity index (χ2n) is 6.92. The summed E-state index contributed by atoms with van der Waals surface area (Å²) in [5.41, 5.74) is 9.83. The zero-order valence-corrected chi connectivity index (χ0v) is 15.3. The Morgan fingerprint density at radius 3 is 2.46 bits per heavy atom. The number of benzene rings is 3. The van der Waals surface area contributed by atoms with Crippen LogP contribution in [-0.4, -0.2) is 23.4 Å². The number of nitrogens with two attached hydrogens (primary N) is 1. The van der Waals surface area contributed by atoms with Gasteiger partial charge in [0.2, 0.25) is 5.91 Å². The normalized spacial score (nSPS) is 15.6. The van der Waals surface area contributed by atoms with Gasteiger partial charge in [-0.15, -0.1) is 0 Å². The number of nitrogens with one attached hydrogen (secondary N) is 1. The van der Waals surface area contributed by atoms with E-state index in [0.717, 1.165) is 5.56 Å². The van der Waals surface area contributed by atoms with Crippen molar-refractivity contribution in [2.75, 3.05) is 11.9 Å². The first kappa shape index (κ1) is 17.8. The Kier molecular flexibility index (Phi) is 4.81. The van der Waals surface area contributed by atoms with Gasteiger partial charge in [0.15, 0.2) is 0 Å². The molecule has 0 bridgehead atoms. The molecular formula is C23H21N3O2. The molecule has 0 radical (unpaired) electrons. The Morgan fingerprint density at radius 1 is 0.929 bits per heavy atom. The van der Waals surface area contributed by atoms with Gasteiger partial charge >= 0.3 is 6.03 Å². The van der Waals surface area contributed by atoms with Crippen molar-refractivity contribution >= 4 is 17.6 Å². The molecular weight excluding hydrogens is 350 g/mol. The topological polar surface area (TPSA) is 75.4 Å². The Balaban J connectivity index is 1.59. The maximum atomic E-state index is 12.9. The van der Waals surface area contributed by atoms with E-state index in [1.807, 2.05) is 30.3 Å². The minimum atomic E-state index is -0.521. The van der Waals surface area contributed by atoms with Gasteiger partial charge in [-0.2, -0.15) is 0 Å². The van der Waals surface area contributed by atoms with E-state index >= 15 is 0 Å². The highest BCUT2D eigenvalue weighted by Gasteiger charge is 2.29. The molecule has 0 fully saturated rings. The summed E-state index contributed by atoms with van der Waals surface area (Å²) in [5, 5.41) is 2.89. The molecule has 5 heteroatoms. The van der Waals surface area contributed by atoms with Crippen LogP contribution >= 0.6 is 0 Å². The van der Waals surface area contributed by atoms with Gasteiger partial charge in [-0.25, -0.2) is 4.79 Å². The Labute approximate surface area is 163 Å². The fraction of sp³-hybridized carbons (Fsp3) is 0.130. The van der Waals surface area contributed by atoms with Gasteiger partial charge in [0, 0.05) is 30.3 Å². The number of hydrogen-bond donors (Lipinski definition) is 2. The maximum absolute atomic E-state index is 12.9. The number of carbonyl (C=O) groups excluding carboxylic acids is 2. The summed E-state index contributed by atoms with van der Waals surface area (Å²) in [4.78, 5) is 26.1. The van der Waals surface area contributed by atoms with E-state index in [4.69, 9.17) is 5.73 Å². The first-order valence-electron chi connectivity index (χ1n) is 9.20. The number of amides is 3. The Hall–Kier alpha value is -3.60. The molecule has 3 aromatic rings. The minimum Gasteiger partial charge on any atom is -0.366 e. The van der Waals surface area contributed by atoms with Crippen molar-refractivity contribution < 1.29 is 9.59 Å². The van der Waals surface area contributed by atoms with Crippen LogP contribution in [-0.2, 0) is 6.54 Å². The van der Waals surface area contributed by atoms with Crippen LogP contribution in [0, 0.1) is 0 Å². The summed E-state index contributed by atoms with van der Waals surface area (Å²) in [6, 6.07) is 24.9. The van der Waals surface area contributed by atoms with Gasteiger partial charge in [-0.05, 0) is 34.9 Å². The summed E-state index contributed by atoms with van der Waals surface area (Å²) in [6.45, 7) is 1.13. The van der Waals surface area contributed by atoms with Crippen molar-refractivity contribution in [3.05, 3.63) is 101 Å². The average Bonchev–Trinajstić information content (AvgIpc) is 2.73. The van der Waals surface area contributed by atoms with E-state index in [0.29, 0.717) is 24.3 Å². The third-order valence-corrected chi connectivity index (χ3v) is 5.08. The minimum absolute atomic E-state index is 0.119. The monoisotopic (exact) mass is 371 g/mol. The Bertz CT molecular complexity index is 1020. The lowest BCUT2D eigenvalue weighted by molar-refractivity contribution is 0.1000. The maximum Gasteiger partial charge on any atom is 0.322 e. The van der Waals surface area contributed by atoms with Gasteiger partial charge in [0.25, 0.3) is 0 Å². The highest BCUT2D eigenvalue weighted by Crippen LogP contribution is 2.33. The predicted molar refractivity (Wildman–Crippen MR) is 109 cm³/mol. The molecule has 3 amide bonds. The zero-order chi connectivity index (χ0) is 19.5. The Morgan fingerprint density at radius 2 is 1.68 bits per heavy atom. The highest BCUT2D eigenvalue weighted by molar-refractivity contribution is 5.96. The molecule has 0 saturated heterocycles. The van der Waals surface area contributed by atoms with Crippen molar-refractivity contribution in [2.45, 2.75) is 12.5 Å². The third-order valence-electron chi connectivity index (χ3n) is 5.08. The number of hydrogen-bond acceptors (Lipinski definition) is 2. The van der Waals surface area contributed by atoms with E-state index < -0.39 is 5.91 Å². The van der Waals surface area contributed by atoms with Gasteiger partial charge in [0.05, 0.1) is 0 Å². The molecule has 5 nitrogen and oxygen atoms in total. The second kappa shape index (κ2) is 7.56. The molecule has 0 unspecified atom stereocenters. The van der Waals surface area contributed by atoms with Crippen LogP contribution < -0.4 is 11.1 Å². The first-order valence-corrected chi connectivity index (χ1v) is 9.20. The van der Waals surface area contributed by atoms with Crippen LogP contribution in [0.2, 0.25) is 0 Å². The smallest absolute Gasteiger partial charge is 0.322 e. The molecule has 1 atom stereocenters. The largest absolute Gasteiger partial charge is 0.366 e. The molecule has 0 saturated carbocycles. The van der Waals surface area contributed by atoms with E-state index in [1.165, 1.54) is 11.1 Å². The molecule has 1 aliphatic rings. The molecule has 3 aromatic carbocycles. The van der Waals surface area contributed by atoms with Crippen LogP contribution in [0.4, 0.5) is 10.5 Å². The lowest BCUT2D eigenvalue weighted by Crippen LogP contribution is -2.41. The number of nitrogens with zero attached hydrogens (tertiary/aromatic N) is 1. The van der Waals surface area contributed by atoms with E-state index in [-0.39, 0.29) is 11.9 Å². The molecule has 28 heavy (non-hydrogen) atoms. The van der Waals surface area contributed by atoms with Crippen molar-refractivity contribution in [3.63, 3.8) is 0 Å². The SMILES string of the molecule is NC(=O)c1cccc(NC(=O)N2Cc3ccccc3[C@H](c3ccccc3)C2)c1. The van der Waals surface area contributed by atoms with Crippen molar-refractivity contribution in [3.8, 4) is 0 Å². The molecule has 0 aliphatic carbocycles. The predicted octanol–water partition coefficient (Wildman–Crippen LogP) is 3.97. The quantitative estimate of drug-likeness (QED) is 0.731. The zero-order valence-electron chi connectivity index (χ0n) is 15.3. The van der Waals surface area contributed by atoms with Crippen molar-refractivity contribution in [1.29, 1.82) is 0 Å². The third kappa shape index (κ3) is 3.60. The molecule has 0 aromatic heterocycles. The summed E-state index contributed by atoms with van der Waals surface area (Å²) < 4.78 is 0. The first-order chi connectivity index (χ1) is 13.6. The molecule has 140 valence electrons. The second-order valence-corrected chi connectivity index (χ2v) is 6.92. The van der Waals surface area contributed by atoms with Crippen LogP contribution in [0.5, 0.6) is 0 Å². The lowest BCUT2D eigenvalue weighted by atomic mass is 9.85. The summed E-state index contributed by atoms with van der Waals surface area (Å²) in [5.74, 6) is -0.402. The average molecular weight is 371 g/mol. The number of carbonyl (C=O) groups is 2. The van der Waals surface area contributed by atoms with Gasteiger partial charge in [-0.3, -0.25) is 4.79 Å². The highest BCUT2D eigenvalue weighted by atomic mass is 16.2. The van der Waals surface area contributed by atoms with Crippen LogP contribution in [0.15, 0.2) is 78.9 Å². The molecule has 1 heterocycles. The fourth-order valence-electron chi connectivity index (χ4n) is 3.68.